The highest BCUT2D eigenvalue weighted by molar-refractivity contribution is 5.91. The fourth-order valence-electron chi connectivity index (χ4n) is 9.37. The Morgan fingerprint density at radius 2 is 1.69 bits per heavy atom. The molecule has 3 nitrogen and oxygen atoms in total. The molecule has 2 N–H and O–H groups in total. The van der Waals surface area contributed by atoms with Gasteiger partial charge in [0.1, 0.15) is 0 Å². The first kappa shape index (κ1) is 24.5. The molecule has 0 unspecified atom stereocenters. The van der Waals surface area contributed by atoms with Crippen LogP contribution in [0.3, 0.4) is 0 Å². The Hall–Kier alpha value is -0.670. The van der Waals surface area contributed by atoms with E-state index >= 15 is 0 Å². The molecule has 3 fully saturated rings. The van der Waals surface area contributed by atoms with Crippen molar-refractivity contribution in [1.29, 1.82) is 0 Å². The lowest BCUT2D eigenvalue weighted by molar-refractivity contribution is -0.118. The van der Waals surface area contributed by atoms with Crippen molar-refractivity contribution in [3.8, 4) is 0 Å². The highest BCUT2D eigenvalue weighted by Crippen LogP contribution is 2.67. The van der Waals surface area contributed by atoms with E-state index in [2.05, 4.69) is 41.5 Å². The maximum Gasteiger partial charge on any atom is 0.155 e. The lowest BCUT2D eigenvalue weighted by Crippen LogP contribution is -2.52. The van der Waals surface area contributed by atoms with Crippen LogP contribution in [0.4, 0.5) is 0 Å². The van der Waals surface area contributed by atoms with E-state index in [1.165, 1.54) is 37.7 Å². The molecule has 4 rings (SSSR count). The second-order valence-corrected chi connectivity index (χ2v) is 12.9. The van der Waals surface area contributed by atoms with Crippen LogP contribution in [-0.4, -0.2) is 28.2 Å². The summed E-state index contributed by atoms with van der Waals surface area (Å²) in [4.78, 5) is 12.1. The van der Waals surface area contributed by atoms with Gasteiger partial charge in [-0.3, -0.25) is 4.79 Å². The van der Waals surface area contributed by atoms with Crippen molar-refractivity contribution in [2.75, 3.05) is 0 Å². The van der Waals surface area contributed by atoms with Crippen molar-refractivity contribution in [2.45, 2.75) is 112 Å². The summed E-state index contributed by atoms with van der Waals surface area (Å²) < 4.78 is 0. The third-order valence-corrected chi connectivity index (χ3v) is 11.3. The molecule has 0 aromatic carbocycles. The number of hydrogen-bond acceptors (Lipinski definition) is 3. The van der Waals surface area contributed by atoms with Gasteiger partial charge in [-0.2, -0.15) is 0 Å². The van der Waals surface area contributed by atoms with Crippen LogP contribution in [0.25, 0.3) is 0 Å². The van der Waals surface area contributed by atoms with Crippen molar-refractivity contribution < 1.29 is 15.0 Å². The number of carbonyl (C=O) groups excluding carboxylic acids is 1. The maximum atomic E-state index is 12.1. The third-order valence-electron chi connectivity index (χ3n) is 11.3. The number of allylic oxidation sites excluding steroid dienone is 1. The molecule has 0 aromatic rings. The Morgan fingerprint density at radius 1 is 0.969 bits per heavy atom. The smallest absolute Gasteiger partial charge is 0.155 e. The summed E-state index contributed by atoms with van der Waals surface area (Å²) in [5, 5.41) is 22.3. The van der Waals surface area contributed by atoms with Crippen LogP contribution in [0.15, 0.2) is 11.6 Å². The summed E-state index contributed by atoms with van der Waals surface area (Å²) in [6, 6.07) is 0. The number of carbonyl (C=O) groups is 1. The van der Waals surface area contributed by atoms with Crippen LogP contribution in [0, 0.1) is 52.3 Å². The molecule has 182 valence electrons. The second kappa shape index (κ2) is 8.84. The van der Waals surface area contributed by atoms with E-state index in [-0.39, 0.29) is 22.7 Å². The summed E-state index contributed by atoms with van der Waals surface area (Å²) in [5.74, 6) is 3.68. The molecule has 3 heteroatoms. The second-order valence-electron chi connectivity index (χ2n) is 12.9. The summed E-state index contributed by atoms with van der Waals surface area (Å²) in [6.07, 6.45) is 10.7. The van der Waals surface area contributed by atoms with Gasteiger partial charge in [0.15, 0.2) is 5.78 Å². The van der Waals surface area contributed by atoms with E-state index in [0.29, 0.717) is 23.5 Å². The zero-order chi connectivity index (χ0) is 23.4. The van der Waals surface area contributed by atoms with Crippen LogP contribution in [-0.2, 0) is 4.79 Å². The molecule has 0 aliphatic heterocycles. The van der Waals surface area contributed by atoms with E-state index < -0.39 is 12.2 Å². The molecule has 0 amide bonds. The molecule has 32 heavy (non-hydrogen) atoms. The van der Waals surface area contributed by atoms with E-state index in [1.54, 1.807) is 0 Å². The van der Waals surface area contributed by atoms with E-state index in [1.807, 2.05) is 6.08 Å². The first-order valence-corrected chi connectivity index (χ1v) is 13.6. The number of aliphatic hydroxyl groups is 2. The Morgan fingerprint density at radius 3 is 2.34 bits per heavy atom. The molecule has 0 saturated heterocycles. The number of aliphatic hydroxyl groups excluding tert-OH is 2. The van der Waals surface area contributed by atoms with Crippen molar-refractivity contribution in [1.82, 2.24) is 0 Å². The van der Waals surface area contributed by atoms with Crippen LogP contribution in [0.2, 0.25) is 0 Å². The largest absolute Gasteiger partial charge is 0.390 e. The normalized spacial score (nSPS) is 43.0. The van der Waals surface area contributed by atoms with Crippen LogP contribution in [0.1, 0.15) is 99.3 Å². The molecule has 4 aliphatic rings. The number of rotatable bonds is 6. The third kappa shape index (κ3) is 3.74. The quantitative estimate of drug-likeness (QED) is 0.515. The molecular weight excluding hydrogens is 396 g/mol. The predicted octanol–water partition coefficient (Wildman–Crippen LogP) is 6.17. The first-order chi connectivity index (χ1) is 15.0. The molecule has 0 aromatic heterocycles. The topological polar surface area (TPSA) is 57.5 Å². The van der Waals surface area contributed by atoms with Crippen molar-refractivity contribution in [3.63, 3.8) is 0 Å². The summed E-state index contributed by atoms with van der Waals surface area (Å²) in [7, 11) is 0. The molecule has 3 saturated carbocycles. The fraction of sp³-hybridized carbons (Fsp3) is 0.897. The number of fused-ring (bicyclic) bond motifs is 5. The summed E-state index contributed by atoms with van der Waals surface area (Å²) in [5.41, 5.74) is 1.94. The van der Waals surface area contributed by atoms with Gasteiger partial charge >= 0.3 is 0 Å². The van der Waals surface area contributed by atoms with Gasteiger partial charge in [0.05, 0.1) is 12.2 Å². The van der Waals surface area contributed by atoms with Crippen LogP contribution in [0.5, 0.6) is 0 Å². The predicted molar refractivity (Wildman–Crippen MR) is 130 cm³/mol. The highest BCUT2D eigenvalue weighted by Gasteiger charge is 2.60. The molecule has 0 spiro atoms. The van der Waals surface area contributed by atoms with Gasteiger partial charge in [-0.1, -0.05) is 53.5 Å². The van der Waals surface area contributed by atoms with Gasteiger partial charge < -0.3 is 10.2 Å². The fourth-order valence-corrected chi connectivity index (χ4v) is 9.37. The minimum atomic E-state index is -0.636. The molecule has 10 atom stereocenters. The van der Waals surface area contributed by atoms with Crippen LogP contribution < -0.4 is 0 Å². The molecule has 4 aliphatic carbocycles. The molecular formula is C29H48O3. The lowest BCUT2D eigenvalue weighted by atomic mass is 9.46. The Kier molecular flexibility index (Phi) is 6.75. The molecule has 0 radical (unpaired) electrons. The minimum Gasteiger partial charge on any atom is -0.390 e. The SMILES string of the molecule is CC[C@@H](C(C)C)[C@H](O)[C@H](O)[C@@H](C)[C@H]1CC[C@H]2[C@@H]3CCC4=CC(=O)CC[C@]4(C)[C@H]3CC[C@]12C. The van der Waals surface area contributed by atoms with Gasteiger partial charge in [0.2, 0.25) is 0 Å². The maximum absolute atomic E-state index is 12.1. The number of ketones is 1. The Labute approximate surface area is 196 Å². The summed E-state index contributed by atoms with van der Waals surface area (Å²) in [6.45, 7) is 13.6. The average Bonchev–Trinajstić information content (AvgIpc) is 3.10. The summed E-state index contributed by atoms with van der Waals surface area (Å²) >= 11 is 0. The number of hydrogen-bond donors (Lipinski definition) is 2. The van der Waals surface area contributed by atoms with Gasteiger partial charge in [-0.05, 0) is 103 Å². The highest BCUT2D eigenvalue weighted by atomic mass is 16.3. The van der Waals surface area contributed by atoms with E-state index in [9.17, 15) is 15.0 Å². The zero-order valence-electron chi connectivity index (χ0n) is 21.4. The van der Waals surface area contributed by atoms with E-state index in [4.69, 9.17) is 0 Å². The zero-order valence-corrected chi connectivity index (χ0v) is 21.4. The van der Waals surface area contributed by atoms with Gasteiger partial charge in [-0.15, -0.1) is 0 Å². The van der Waals surface area contributed by atoms with Crippen molar-refractivity contribution >= 4 is 5.78 Å². The van der Waals surface area contributed by atoms with Crippen molar-refractivity contribution in [2.24, 2.45) is 52.3 Å². The lowest BCUT2D eigenvalue weighted by Gasteiger charge is -2.58. The molecule has 0 bridgehead atoms. The van der Waals surface area contributed by atoms with Gasteiger partial charge in [-0.25, -0.2) is 0 Å². The van der Waals surface area contributed by atoms with E-state index in [0.717, 1.165) is 37.5 Å². The Bertz CT molecular complexity index is 741. The first-order valence-electron chi connectivity index (χ1n) is 13.6. The Balaban J connectivity index is 1.53. The van der Waals surface area contributed by atoms with Gasteiger partial charge in [0, 0.05) is 6.42 Å². The minimum absolute atomic E-state index is 0.131. The van der Waals surface area contributed by atoms with Crippen molar-refractivity contribution in [3.05, 3.63) is 11.6 Å². The molecule has 0 heterocycles. The van der Waals surface area contributed by atoms with Gasteiger partial charge in [0.25, 0.3) is 0 Å². The van der Waals surface area contributed by atoms with Crippen LogP contribution >= 0.6 is 0 Å². The average molecular weight is 445 g/mol. The monoisotopic (exact) mass is 444 g/mol. The standard InChI is InChI=1S/C29H48O3/c1-7-21(17(2)3)27(32)26(31)18(4)23-10-11-24-22-9-8-19-16-20(30)12-14-28(19,5)25(22)13-15-29(23,24)6/h16-18,21-27,31-32H,7-15H2,1-6H3/t18-,21-,22-,23+,24-,25-,26+,27-,28-,29+/m0/s1.